The quantitative estimate of drug-likeness (QED) is 0.175. The molecule has 0 aromatic heterocycles. The molecular weight excluding hydrogens is 430 g/mol. The number of nitrogens with one attached hydrogen (secondary N) is 2. The SMILES string of the molecule is NC(N)=NOCCCNC(=O)Cc1cc(NS(=O)(=O)Cc2ccccc2)ccc1Cl. The summed E-state index contributed by atoms with van der Waals surface area (Å²) in [5.41, 5.74) is 11.8. The second-order valence-electron chi connectivity index (χ2n) is 6.38. The Balaban J connectivity index is 1.89. The first-order valence-electron chi connectivity index (χ1n) is 9.05. The molecule has 9 nitrogen and oxygen atoms in total. The molecule has 0 fully saturated rings. The van der Waals surface area contributed by atoms with Crippen LogP contribution in [0.4, 0.5) is 5.69 Å². The zero-order valence-electron chi connectivity index (χ0n) is 16.2. The van der Waals surface area contributed by atoms with Gasteiger partial charge in [0.25, 0.3) is 0 Å². The highest BCUT2D eigenvalue weighted by Crippen LogP contribution is 2.22. The van der Waals surface area contributed by atoms with Crippen LogP contribution < -0.4 is 21.5 Å². The van der Waals surface area contributed by atoms with Crippen molar-refractivity contribution < 1.29 is 18.0 Å². The van der Waals surface area contributed by atoms with E-state index in [1.54, 1.807) is 42.5 Å². The van der Waals surface area contributed by atoms with Crippen molar-refractivity contribution in [3.8, 4) is 0 Å². The van der Waals surface area contributed by atoms with Gasteiger partial charge in [-0.05, 0) is 34.5 Å². The Bertz CT molecular complexity index is 980. The highest BCUT2D eigenvalue weighted by molar-refractivity contribution is 7.91. The van der Waals surface area contributed by atoms with E-state index in [1.165, 1.54) is 0 Å². The third-order valence-corrected chi connectivity index (χ3v) is 5.40. The van der Waals surface area contributed by atoms with Gasteiger partial charge in [-0.3, -0.25) is 9.52 Å². The number of oxime groups is 1. The van der Waals surface area contributed by atoms with Gasteiger partial charge in [0.05, 0.1) is 12.2 Å². The van der Waals surface area contributed by atoms with Crippen molar-refractivity contribution in [2.24, 2.45) is 16.6 Å². The van der Waals surface area contributed by atoms with Gasteiger partial charge in [-0.15, -0.1) is 0 Å². The van der Waals surface area contributed by atoms with Crippen LogP contribution in [0.5, 0.6) is 0 Å². The summed E-state index contributed by atoms with van der Waals surface area (Å²) in [4.78, 5) is 16.9. The van der Waals surface area contributed by atoms with Gasteiger partial charge in [0.2, 0.25) is 21.9 Å². The predicted octanol–water partition coefficient (Wildman–Crippen LogP) is 1.54. The minimum absolute atomic E-state index is 0.00183. The van der Waals surface area contributed by atoms with Crippen LogP contribution >= 0.6 is 11.6 Å². The maximum Gasteiger partial charge on any atom is 0.236 e. The number of sulfonamides is 1. The first kappa shape index (κ1) is 23.3. The fourth-order valence-corrected chi connectivity index (χ4v) is 3.88. The van der Waals surface area contributed by atoms with Crippen LogP contribution in [0.15, 0.2) is 53.7 Å². The highest BCUT2D eigenvalue weighted by Gasteiger charge is 2.14. The Hall–Kier alpha value is -2.98. The summed E-state index contributed by atoms with van der Waals surface area (Å²) in [7, 11) is -3.61. The number of carbonyl (C=O) groups excluding carboxylic acids is 1. The zero-order chi connectivity index (χ0) is 22.0. The van der Waals surface area contributed by atoms with Crippen molar-refractivity contribution >= 4 is 39.2 Å². The molecule has 0 atom stereocenters. The number of guanidine groups is 1. The van der Waals surface area contributed by atoms with Crippen LogP contribution in [0.3, 0.4) is 0 Å². The Morgan fingerprint density at radius 3 is 2.57 bits per heavy atom. The molecule has 0 heterocycles. The zero-order valence-corrected chi connectivity index (χ0v) is 17.7. The van der Waals surface area contributed by atoms with E-state index in [4.69, 9.17) is 27.9 Å². The van der Waals surface area contributed by atoms with Gasteiger partial charge in [-0.2, -0.15) is 0 Å². The smallest absolute Gasteiger partial charge is 0.236 e. The van der Waals surface area contributed by atoms with E-state index >= 15 is 0 Å². The summed E-state index contributed by atoms with van der Waals surface area (Å²) < 4.78 is 27.3. The van der Waals surface area contributed by atoms with Gasteiger partial charge in [-0.1, -0.05) is 41.9 Å². The van der Waals surface area contributed by atoms with Crippen LogP contribution in [-0.2, 0) is 31.8 Å². The Morgan fingerprint density at radius 2 is 1.87 bits per heavy atom. The standard InChI is InChI=1S/C19H24ClN5O4S/c20-17-8-7-16(25-30(27,28)13-14-5-2-1-3-6-14)11-15(17)12-18(26)23-9-4-10-29-24-19(21)22/h1-3,5-8,11,25H,4,9-10,12-13H2,(H,23,26)(H4,21,22,24). The van der Waals surface area contributed by atoms with Crippen molar-refractivity contribution in [1.29, 1.82) is 0 Å². The number of rotatable bonds is 11. The maximum atomic E-state index is 12.4. The van der Waals surface area contributed by atoms with Gasteiger partial charge >= 0.3 is 0 Å². The number of halogens is 1. The lowest BCUT2D eigenvalue weighted by atomic mass is 10.1. The third-order valence-electron chi connectivity index (χ3n) is 3.77. The molecule has 0 saturated carbocycles. The van der Waals surface area contributed by atoms with Crippen molar-refractivity contribution in [2.75, 3.05) is 17.9 Å². The molecule has 0 unspecified atom stereocenters. The van der Waals surface area contributed by atoms with E-state index in [9.17, 15) is 13.2 Å². The van der Waals surface area contributed by atoms with Crippen LogP contribution in [0.25, 0.3) is 0 Å². The average molecular weight is 454 g/mol. The van der Waals surface area contributed by atoms with Gasteiger partial charge in [0, 0.05) is 23.7 Å². The largest absolute Gasteiger partial charge is 0.393 e. The first-order chi connectivity index (χ1) is 14.2. The molecule has 2 rings (SSSR count). The molecule has 2 aromatic carbocycles. The number of anilines is 1. The number of nitrogens with zero attached hydrogens (tertiary/aromatic N) is 1. The van der Waals surface area contributed by atoms with Gasteiger partial charge in [-0.25, -0.2) is 8.42 Å². The van der Waals surface area contributed by atoms with Crippen molar-refractivity contribution in [2.45, 2.75) is 18.6 Å². The first-order valence-corrected chi connectivity index (χ1v) is 11.1. The summed E-state index contributed by atoms with van der Waals surface area (Å²) in [5.74, 6) is -0.593. The Labute approximate surface area is 180 Å². The fraction of sp³-hybridized carbons (Fsp3) is 0.263. The lowest BCUT2D eigenvalue weighted by Crippen LogP contribution is -2.27. The molecule has 0 aliphatic heterocycles. The maximum absolute atomic E-state index is 12.4. The second kappa shape index (κ2) is 11.3. The van der Waals surface area contributed by atoms with E-state index in [0.717, 1.165) is 0 Å². The number of nitrogens with two attached hydrogens (primary N) is 2. The second-order valence-corrected chi connectivity index (χ2v) is 8.51. The van der Waals surface area contributed by atoms with Crippen LogP contribution in [0.2, 0.25) is 5.02 Å². The van der Waals surface area contributed by atoms with Crippen molar-refractivity contribution in [1.82, 2.24) is 5.32 Å². The monoisotopic (exact) mass is 453 g/mol. The van der Waals surface area contributed by atoms with Crippen molar-refractivity contribution in [3.63, 3.8) is 0 Å². The topological polar surface area (TPSA) is 149 Å². The number of amides is 1. The molecule has 0 radical (unpaired) electrons. The summed E-state index contributed by atoms with van der Waals surface area (Å²) in [6.07, 6.45) is 0.511. The molecule has 6 N–H and O–H groups in total. The fourth-order valence-electron chi connectivity index (χ4n) is 2.50. The van der Waals surface area contributed by atoms with E-state index in [0.29, 0.717) is 34.8 Å². The molecule has 11 heteroatoms. The van der Waals surface area contributed by atoms with E-state index < -0.39 is 10.0 Å². The number of hydrogen-bond donors (Lipinski definition) is 4. The van der Waals surface area contributed by atoms with Crippen LogP contribution in [0, 0.1) is 0 Å². The average Bonchev–Trinajstić information content (AvgIpc) is 2.67. The number of hydrogen-bond acceptors (Lipinski definition) is 5. The van der Waals surface area contributed by atoms with E-state index in [1.807, 2.05) is 6.07 Å². The van der Waals surface area contributed by atoms with Crippen LogP contribution in [-0.4, -0.2) is 33.4 Å². The van der Waals surface area contributed by atoms with E-state index in [2.05, 4.69) is 15.2 Å². The number of benzene rings is 2. The molecule has 0 aliphatic carbocycles. The lowest BCUT2D eigenvalue weighted by molar-refractivity contribution is -0.120. The molecule has 162 valence electrons. The predicted molar refractivity (Wildman–Crippen MR) is 117 cm³/mol. The summed E-state index contributed by atoms with van der Waals surface area (Å²) in [6, 6.07) is 13.5. The molecular formula is C19H24ClN5O4S. The third kappa shape index (κ3) is 8.58. The number of carbonyl (C=O) groups is 1. The molecule has 2 aromatic rings. The molecule has 0 aliphatic rings. The van der Waals surface area contributed by atoms with Gasteiger partial charge in [0.15, 0.2) is 0 Å². The van der Waals surface area contributed by atoms with Crippen LogP contribution in [0.1, 0.15) is 17.5 Å². The summed E-state index contributed by atoms with van der Waals surface area (Å²) in [5, 5.41) is 6.46. The van der Waals surface area contributed by atoms with Gasteiger partial charge in [0.1, 0.15) is 6.61 Å². The van der Waals surface area contributed by atoms with E-state index in [-0.39, 0.29) is 30.6 Å². The molecule has 0 saturated heterocycles. The minimum atomic E-state index is -3.61. The minimum Gasteiger partial charge on any atom is -0.393 e. The van der Waals surface area contributed by atoms with Crippen molar-refractivity contribution in [3.05, 3.63) is 64.7 Å². The normalized spacial score (nSPS) is 10.8. The summed E-state index contributed by atoms with van der Waals surface area (Å²) >= 11 is 6.16. The Kier molecular flexibility index (Phi) is 8.75. The Morgan fingerprint density at radius 1 is 1.13 bits per heavy atom. The molecule has 0 bridgehead atoms. The highest BCUT2D eigenvalue weighted by atomic mass is 35.5. The molecule has 30 heavy (non-hydrogen) atoms. The molecule has 0 spiro atoms. The molecule has 1 amide bonds. The summed E-state index contributed by atoms with van der Waals surface area (Å²) in [6.45, 7) is 0.609. The van der Waals surface area contributed by atoms with Gasteiger partial charge < -0.3 is 21.6 Å². The lowest BCUT2D eigenvalue weighted by Gasteiger charge is -2.11.